The largest absolute Gasteiger partial charge is 0.464 e. The van der Waals surface area contributed by atoms with E-state index in [1.807, 2.05) is 0 Å². The number of halogens is 1. The number of H-pyrrole nitrogens is 2. The highest BCUT2D eigenvalue weighted by Gasteiger charge is 2.25. The molecule has 0 saturated heterocycles. The van der Waals surface area contributed by atoms with E-state index in [9.17, 15) is 20.1 Å². The van der Waals surface area contributed by atoms with Gasteiger partial charge in [-0.1, -0.05) is 12.1 Å². The fourth-order valence-electron chi connectivity index (χ4n) is 3.22. The molecule has 10 heteroatoms. The average Bonchev–Trinajstić information content (AvgIpc) is 3.38. The van der Waals surface area contributed by atoms with Crippen LogP contribution in [0.3, 0.4) is 0 Å². The number of rotatable bonds is 8. The maximum atomic E-state index is 12.2. The monoisotopic (exact) mass is 464 g/mol. The Morgan fingerprint density at radius 3 is 2.55 bits per heavy atom. The van der Waals surface area contributed by atoms with Crippen molar-refractivity contribution in [1.29, 1.82) is 0 Å². The lowest BCUT2D eigenvalue weighted by atomic mass is 9.92. The maximum absolute atomic E-state index is 12.2. The molecule has 0 aliphatic heterocycles. The number of methoxy groups -OCH3 is 1. The molecule has 0 aliphatic carbocycles. The summed E-state index contributed by atoms with van der Waals surface area (Å²) in [6.45, 7) is -0.669. The summed E-state index contributed by atoms with van der Waals surface area (Å²) in [4.78, 5) is 22.3. The van der Waals surface area contributed by atoms with Crippen LogP contribution in [-0.2, 0) is 31.1 Å². The molecule has 3 aromatic rings. The lowest BCUT2D eigenvalue weighted by Gasteiger charge is -2.16. The third-order valence-corrected chi connectivity index (χ3v) is 5.41. The van der Waals surface area contributed by atoms with Crippen molar-refractivity contribution >= 4 is 27.8 Å². The fourth-order valence-corrected chi connectivity index (χ4v) is 3.93. The van der Waals surface area contributed by atoms with E-state index < -0.39 is 5.97 Å². The summed E-state index contributed by atoms with van der Waals surface area (Å²) < 4.78 is 5.32. The van der Waals surface area contributed by atoms with Gasteiger partial charge in [-0.05, 0) is 38.2 Å². The number of benzene rings is 1. The highest BCUT2D eigenvalue weighted by atomic mass is 79.9. The summed E-state index contributed by atoms with van der Waals surface area (Å²) in [5, 5.41) is 32.4. The summed E-state index contributed by atoms with van der Waals surface area (Å²) in [6.07, 6.45) is 3.29. The molecule has 0 radical (unpaired) electrons. The molecule has 0 spiro atoms. The minimum atomic E-state index is -0.553. The lowest BCUT2D eigenvalue weighted by Crippen LogP contribution is -2.06. The van der Waals surface area contributed by atoms with E-state index >= 15 is 0 Å². The number of aromatic nitrogens is 3. The number of aliphatic hydroxyl groups excluding tert-OH is 3. The zero-order valence-corrected chi connectivity index (χ0v) is 17.2. The fraction of sp³-hybridized carbons (Fsp3) is 0.263. The highest BCUT2D eigenvalue weighted by Crippen LogP contribution is 2.39. The molecule has 154 valence electrons. The van der Waals surface area contributed by atoms with Crippen LogP contribution in [0.25, 0.3) is 11.1 Å². The van der Waals surface area contributed by atoms with Gasteiger partial charge in [-0.15, -0.1) is 0 Å². The molecule has 2 aromatic heterocycles. The number of aromatic amines is 2. The summed E-state index contributed by atoms with van der Waals surface area (Å²) in [5.41, 5.74) is 3.55. The molecule has 2 heterocycles. The number of nitrogens with zero attached hydrogens (tertiary/aromatic N) is 1. The Morgan fingerprint density at radius 1 is 1.21 bits per heavy atom. The Bertz CT molecular complexity index is 1000. The molecule has 0 aliphatic rings. The average molecular weight is 465 g/mol. The smallest absolute Gasteiger partial charge is 0.355 e. The van der Waals surface area contributed by atoms with Crippen LogP contribution in [0.2, 0.25) is 0 Å². The number of hydrogen-bond donors (Lipinski definition) is 6. The third-order valence-electron chi connectivity index (χ3n) is 4.62. The van der Waals surface area contributed by atoms with Gasteiger partial charge in [0.2, 0.25) is 0 Å². The molecule has 29 heavy (non-hydrogen) atoms. The summed E-state index contributed by atoms with van der Waals surface area (Å²) in [7, 11) is 1.29. The number of anilines is 1. The topological polar surface area (TPSA) is 143 Å². The molecule has 1 aromatic carbocycles. The van der Waals surface area contributed by atoms with Gasteiger partial charge in [-0.3, -0.25) is 0 Å². The first-order chi connectivity index (χ1) is 14.0. The van der Waals surface area contributed by atoms with Crippen molar-refractivity contribution in [3.05, 3.63) is 57.1 Å². The van der Waals surface area contributed by atoms with Gasteiger partial charge in [0.15, 0.2) is 5.95 Å². The number of ether oxygens (including phenoxy) is 1. The van der Waals surface area contributed by atoms with Gasteiger partial charge in [-0.2, -0.15) is 0 Å². The van der Waals surface area contributed by atoms with Crippen molar-refractivity contribution in [3.8, 4) is 11.1 Å². The summed E-state index contributed by atoms with van der Waals surface area (Å²) in [6, 6.07) is 3.42. The number of imidazole rings is 1. The van der Waals surface area contributed by atoms with Crippen molar-refractivity contribution in [3.63, 3.8) is 0 Å². The zero-order valence-electron chi connectivity index (χ0n) is 15.6. The minimum absolute atomic E-state index is 0.222. The van der Waals surface area contributed by atoms with E-state index in [0.717, 1.165) is 0 Å². The zero-order chi connectivity index (χ0) is 21.0. The van der Waals surface area contributed by atoms with E-state index in [1.165, 1.54) is 7.11 Å². The number of hydrogen-bond acceptors (Lipinski definition) is 7. The van der Waals surface area contributed by atoms with E-state index in [1.54, 1.807) is 24.5 Å². The van der Waals surface area contributed by atoms with Gasteiger partial charge in [0.05, 0.1) is 37.9 Å². The Hall–Kier alpha value is -2.66. The highest BCUT2D eigenvalue weighted by molar-refractivity contribution is 9.10. The maximum Gasteiger partial charge on any atom is 0.355 e. The molecule has 0 unspecified atom stereocenters. The summed E-state index contributed by atoms with van der Waals surface area (Å²) in [5.74, 6) is -0.00219. The quantitative estimate of drug-likeness (QED) is 0.280. The van der Waals surface area contributed by atoms with Crippen LogP contribution in [0.1, 0.15) is 32.9 Å². The van der Waals surface area contributed by atoms with E-state index in [2.05, 4.69) is 36.2 Å². The third kappa shape index (κ3) is 4.06. The molecule has 9 nitrogen and oxygen atoms in total. The Kier molecular flexibility index (Phi) is 6.70. The molecule has 3 rings (SSSR count). The lowest BCUT2D eigenvalue weighted by molar-refractivity contribution is 0.0593. The minimum Gasteiger partial charge on any atom is -0.464 e. The first-order valence-corrected chi connectivity index (χ1v) is 9.53. The normalized spacial score (nSPS) is 10.9. The second-order valence-corrected chi connectivity index (χ2v) is 6.95. The Labute approximate surface area is 174 Å². The van der Waals surface area contributed by atoms with Gasteiger partial charge < -0.3 is 35.3 Å². The number of carbonyl (C=O) groups excluding carboxylic acids is 1. The molecule has 0 amide bonds. The van der Waals surface area contributed by atoms with E-state index in [4.69, 9.17) is 4.74 Å². The van der Waals surface area contributed by atoms with Crippen molar-refractivity contribution in [2.75, 3.05) is 12.4 Å². The SMILES string of the molecule is COC(=O)c1[nH]c(CNc2ncc[nH]2)c(-c2ccc(CO)c(CO)c2CO)c1Br. The second-order valence-electron chi connectivity index (χ2n) is 6.15. The van der Waals surface area contributed by atoms with Crippen molar-refractivity contribution in [2.45, 2.75) is 26.4 Å². The van der Waals surface area contributed by atoms with Gasteiger partial charge in [-0.25, -0.2) is 9.78 Å². The van der Waals surface area contributed by atoms with Gasteiger partial charge >= 0.3 is 5.97 Å². The molecular formula is C19H21BrN4O5. The molecule has 6 N–H and O–H groups in total. The van der Waals surface area contributed by atoms with Crippen LogP contribution in [0.15, 0.2) is 29.0 Å². The van der Waals surface area contributed by atoms with Crippen LogP contribution in [-0.4, -0.2) is 43.4 Å². The number of nitrogens with one attached hydrogen (secondary N) is 3. The van der Waals surface area contributed by atoms with Crippen molar-refractivity contribution in [2.24, 2.45) is 0 Å². The molecule has 0 fully saturated rings. The van der Waals surface area contributed by atoms with Crippen LogP contribution in [0.4, 0.5) is 5.95 Å². The van der Waals surface area contributed by atoms with E-state index in [-0.39, 0.29) is 25.5 Å². The Morgan fingerprint density at radius 2 is 1.97 bits per heavy atom. The molecular weight excluding hydrogens is 444 g/mol. The Balaban J connectivity index is 2.16. The first kappa shape index (κ1) is 21.1. The van der Waals surface area contributed by atoms with Crippen LogP contribution >= 0.6 is 15.9 Å². The first-order valence-electron chi connectivity index (χ1n) is 8.74. The van der Waals surface area contributed by atoms with Gasteiger partial charge in [0, 0.05) is 23.7 Å². The number of carbonyl (C=O) groups is 1. The van der Waals surface area contributed by atoms with Crippen LogP contribution in [0, 0.1) is 0 Å². The predicted molar refractivity (Wildman–Crippen MR) is 109 cm³/mol. The van der Waals surface area contributed by atoms with Gasteiger partial charge in [0.1, 0.15) is 5.69 Å². The van der Waals surface area contributed by atoms with Crippen LogP contribution in [0.5, 0.6) is 0 Å². The predicted octanol–water partition coefficient (Wildman–Crippen LogP) is 2.04. The number of aliphatic hydroxyl groups is 3. The molecule has 0 atom stereocenters. The van der Waals surface area contributed by atoms with Gasteiger partial charge in [0.25, 0.3) is 0 Å². The standard InChI is InChI=1S/C19H21BrN4O5/c1-29-18(28)17-16(20)15(14(24-17)6-23-19-21-4-5-22-19)11-3-2-10(7-25)12(8-26)13(11)9-27/h2-5,24-27H,6-9H2,1H3,(H2,21,22,23). The van der Waals surface area contributed by atoms with E-state index in [0.29, 0.717) is 50.5 Å². The van der Waals surface area contributed by atoms with Crippen molar-refractivity contribution < 1.29 is 24.9 Å². The molecule has 0 saturated carbocycles. The van der Waals surface area contributed by atoms with Crippen molar-refractivity contribution in [1.82, 2.24) is 15.0 Å². The summed E-state index contributed by atoms with van der Waals surface area (Å²) >= 11 is 3.47. The van der Waals surface area contributed by atoms with Crippen LogP contribution < -0.4 is 5.32 Å². The number of esters is 1. The molecule has 0 bridgehead atoms. The second kappa shape index (κ2) is 9.23.